The minimum atomic E-state index is -0.739. The van der Waals surface area contributed by atoms with Gasteiger partial charge in [-0.1, -0.05) is 12.8 Å². The number of carbonyl (C=O) groups is 2. The summed E-state index contributed by atoms with van der Waals surface area (Å²) >= 11 is 0. The second kappa shape index (κ2) is 7.84. The molecule has 0 saturated carbocycles. The van der Waals surface area contributed by atoms with Crippen molar-refractivity contribution >= 4 is 24.3 Å². The van der Waals surface area contributed by atoms with Gasteiger partial charge in [0, 0.05) is 19.6 Å². The van der Waals surface area contributed by atoms with E-state index in [-0.39, 0.29) is 30.3 Å². The number of amides is 1. The van der Waals surface area contributed by atoms with Crippen LogP contribution in [0, 0.1) is 5.92 Å². The largest absolute Gasteiger partial charge is 0.481 e. The van der Waals surface area contributed by atoms with Gasteiger partial charge in [-0.3, -0.25) is 14.5 Å². The van der Waals surface area contributed by atoms with Crippen molar-refractivity contribution in [3.8, 4) is 0 Å². The lowest BCUT2D eigenvalue weighted by atomic mass is 10.1. The average molecular weight is 305 g/mol. The molecular weight excluding hydrogens is 280 g/mol. The molecule has 0 aliphatic carbocycles. The maximum atomic E-state index is 12.5. The predicted octanol–water partition coefficient (Wildman–Crippen LogP) is 1.61. The van der Waals surface area contributed by atoms with Crippen LogP contribution in [-0.2, 0) is 9.59 Å². The molecule has 5 nitrogen and oxygen atoms in total. The van der Waals surface area contributed by atoms with Crippen molar-refractivity contribution in [3.63, 3.8) is 0 Å². The molecule has 2 unspecified atom stereocenters. The lowest BCUT2D eigenvalue weighted by molar-refractivity contribution is -0.142. The maximum Gasteiger partial charge on any atom is 0.307 e. The van der Waals surface area contributed by atoms with Gasteiger partial charge in [-0.05, 0) is 32.7 Å². The van der Waals surface area contributed by atoms with Crippen molar-refractivity contribution in [1.29, 1.82) is 0 Å². The number of nitrogens with zero attached hydrogens (tertiary/aromatic N) is 2. The van der Waals surface area contributed by atoms with Gasteiger partial charge in [0.15, 0.2) is 0 Å². The van der Waals surface area contributed by atoms with Crippen molar-refractivity contribution < 1.29 is 14.7 Å². The Morgan fingerprint density at radius 1 is 1.10 bits per heavy atom. The highest BCUT2D eigenvalue weighted by atomic mass is 35.5. The first-order valence-electron chi connectivity index (χ1n) is 7.35. The fraction of sp³-hybridized carbons (Fsp3) is 0.857. The van der Waals surface area contributed by atoms with Crippen LogP contribution in [0.5, 0.6) is 0 Å². The predicted molar refractivity (Wildman–Crippen MR) is 79.1 cm³/mol. The van der Waals surface area contributed by atoms with Gasteiger partial charge in [-0.15, -0.1) is 12.4 Å². The summed E-state index contributed by atoms with van der Waals surface area (Å²) in [7, 11) is 0. The first-order chi connectivity index (χ1) is 9.09. The van der Waals surface area contributed by atoms with E-state index in [4.69, 9.17) is 5.11 Å². The zero-order valence-corrected chi connectivity index (χ0v) is 12.9. The summed E-state index contributed by atoms with van der Waals surface area (Å²) in [6.45, 7) is 4.87. The minimum Gasteiger partial charge on any atom is -0.481 e. The summed E-state index contributed by atoms with van der Waals surface area (Å²) in [4.78, 5) is 27.4. The number of carbonyl (C=O) groups excluding carboxylic acids is 1. The Labute approximate surface area is 126 Å². The highest BCUT2D eigenvalue weighted by Crippen LogP contribution is 2.20. The van der Waals surface area contributed by atoms with E-state index in [1.165, 1.54) is 12.8 Å². The van der Waals surface area contributed by atoms with Gasteiger partial charge in [0.1, 0.15) is 0 Å². The van der Waals surface area contributed by atoms with Gasteiger partial charge >= 0.3 is 5.97 Å². The number of hydrogen-bond donors (Lipinski definition) is 1. The Morgan fingerprint density at radius 3 is 2.20 bits per heavy atom. The van der Waals surface area contributed by atoms with Crippen molar-refractivity contribution in [2.75, 3.05) is 26.2 Å². The number of halogens is 1. The highest BCUT2D eigenvalue weighted by Gasteiger charge is 2.34. The molecule has 2 aliphatic heterocycles. The van der Waals surface area contributed by atoms with Crippen LogP contribution < -0.4 is 0 Å². The smallest absolute Gasteiger partial charge is 0.307 e. The van der Waals surface area contributed by atoms with Gasteiger partial charge in [0.05, 0.1) is 12.0 Å². The van der Waals surface area contributed by atoms with E-state index < -0.39 is 5.97 Å². The Hall–Kier alpha value is -0.810. The van der Waals surface area contributed by atoms with E-state index in [9.17, 15) is 9.59 Å². The quantitative estimate of drug-likeness (QED) is 0.860. The molecule has 0 spiro atoms. The third-order valence-corrected chi connectivity index (χ3v) is 4.39. The van der Waals surface area contributed by atoms with Crippen LogP contribution in [0.4, 0.5) is 0 Å². The summed E-state index contributed by atoms with van der Waals surface area (Å²) in [5.74, 6) is -0.871. The minimum absolute atomic E-state index is 0. The van der Waals surface area contributed by atoms with Crippen LogP contribution in [0.25, 0.3) is 0 Å². The number of aliphatic carboxylic acids is 1. The molecule has 116 valence electrons. The van der Waals surface area contributed by atoms with Crippen molar-refractivity contribution in [2.24, 2.45) is 5.92 Å². The summed E-state index contributed by atoms with van der Waals surface area (Å²) in [5.41, 5.74) is 0. The van der Waals surface area contributed by atoms with Crippen molar-refractivity contribution in [2.45, 2.75) is 45.1 Å². The summed E-state index contributed by atoms with van der Waals surface area (Å²) < 4.78 is 0. The summed E-state index contributed by atoms with van der Waals surface area (Å²) in [6, 6.07) is -0.178. The molecule has 2 rings (SSSR count). The second-order valence-corrected chi connectivity index (χ2v) is 5.73. The lowest BCUT2D eigenvalue weighted by Gasteiger charge is -2.29. The van der Waals surface area contributed by atoms with Crippen LogP contribution in [0.1, 0.15) is 39.0 Å². The van der Waals surface area contributed by atoms with E-state index in [1.807, 2.05) is 16.7 Å². The van der Waals surface area contributed by atoms with Gasteiger partial charge in [-0.25, -0.2) is 0 Å². The molecule has 1 N–H and O–H groups in total. The first-order valence-corrected chi connectivity index (χ1v) is 7.35. The molecule has 1 amide bonds. The zero-order valence-electron chi connectivity index (χ0n) is 12.1. The van der Waals surface area contributed by atoms with E-state index >= 15 is 0 Å². The molecule has 0 aromatic rings. The number of likely N-dealkylation sites (tertiary alicyclic amines) is 2. The fourth-order valence-corrected chi connectivity index (χ4v) is 3.05. The van der Waals surface area contributed by atoms with Crippen molar-refractivity contribution in [3.05, 3.63) is 0 Å². The Kier molecular flexibility index (Phi) is 6.76. The molecule has 2 aliphatic rings. The first kappa shape index (κ1) is 17.2. The molecule has 2 atom stereocenters. The van der Waals surface area contributed by atoms with Gasteiger partial charge < -0.3 is 10.0 Å². The molecule has 0 aromatic carbocycles. The third kappa shape index (κ3) is 4.09. The molecule has 0 bridgehead atoms. The topological polar surface area (TPSA) is 60.9 Å². The van der Waals surface area contributed by atoms with E-state index in [2.05, 4.69) is 0 Å². The molecule has 2 fully saturated rings. The normalized spacial score (nSPS) is 25.6. The molecule has 20 heavy (non-hydrogen) atoms. The number of rotatable bonds is 3. The summed E-state index contributed by atoms with van der Waals surface area (Å²) in [5, 5.41) is 9.02. The van der Waals surface area contributed by atoms with Crippen LogP contribution in [-0.4, -0.2) is 59.0 Å². The zero-order chi connectivity index (χ0) is 13.8. The van der Waals surface area contributed by atoms with Crippen molar-refractivity contribution in [1.82, 2.24) is 9.80 Å². The molecule has 0 aromatic heterocycles. The highest BCUT2D eigenvalue weighted by molar-refractivity contribution is 5.85. The summed E-state index contributed by atoms with van der Waals surface area (Å²) in [6.07, 6.45) is 5.27. The Bertz CT molecular complexity index is 343. The molecule has 2 saturated heterocycles. The molecular formula is C14H25ClN2O3. The van der Waals surface area contributed by atoms with Gasteiger partial charge in [-0.2, -0.15) is 0 Å². The van der Waals surface area contributed by atoms with E-state index in [0.29, 0.717) is 13.0 Å². The number of carboxylic acids is 1. The average Bonchev–Trinajstić information content (AvgIpc) is 2.73. The van der Waals surface area contributed by atoms with Gasteiger partial charge in [0.25, 0.3) is 0 Å². The van der Waals surface area contributed by atoms with E-state index in [1.54, 1.807) is 0 Å². The number of carboxylic acid groups (broad SMARTS) is 1. The third-order valence-electron chi connectivity index (χ3n) is 4.39. The van der Waals surface area contributed by atoms with Crippen LogP contribution in [0.2, 0.25) is 0 Å². The Balaban J connectivity index is 0.00000200. The molecule has 2 heterocycles. The maximum absolute atomic E-state index is 12.5. The Morgan fingerprint density at radius 2 is 1.70 bits per heavy atom. The fourth-order valence-electron chi connectivity index (χ4n) is 3.05. The number of hydrogen-bond acceptors (Lipinski definition) is 3. The van der Waals surface area contributed by atoms with Crippen LogP contribution in [0.3, 0.4) is 0 Å². The second-order valence-electron chi connectivity index (χ2n) is 5.73. The van der Waals surface area contributed by atoms with E-state index in [0.717, 1.165) is 32.5 Å². The SMILES string of the molecule is CC(C(=O)N1CCCCCC1)N1CCC(C(=O)O)C1.Cl. The van der Waals surface area contributed by atoms with Gasteiger partial charge in [0.2, 0.25) is 5.91 Å². The van der Waals surface area contributed by atoms with Crippen LogP contribution >= 0.6 is 12.4 Å². The molecule has 6 heteroatoms. The molecule has 0 radical (unpaired) electrons. The lowest BCUT2D eigenvalue weighted by Crippen LogP contribution is -2.46. The van der Waals surface area contributed by atoms with Crippen LogP contribution in [0.15, 0.2) is 0 Å². The monoisotopic (exact) mass is 304 g/mol. The standard InChI is InChI=1S/C14H24N2O3.ClH/c1-11(16-9-6-12(10-16)14(18)19)13(17)15-7-4-2-3-5-8-15;/h11-12H,2-10H2,1H3,(H,18,19);1H.